The molecule has 0 unspecified atom stereocenters. The molecular weight excluding hydrogens is 612 g/mol. The van der Waals surface area contributed by atoms with Crippen LogP contribution in [0.25, 0.3) is 0 Å². The highest BCUT2D eigenvalue weighted by Gasteiger charge is 2.50. The third kappa shape index (κ3) is 6.56. The Balaban J connectivity index is 1.60. The first-order valence-corrected chi connectivity index (χ1v) is 12.4. The molecule has 1 fully saturated rings. The van der Waals surface area contributed by atoms with Gasteiger partial charge in [-0.25, -0.2) is 14.4 Å². The number of benzene rings is 3. The van der Waals surface area contributed by atoms with Crippen LogP contribution in [-0.4, -0.2) is 111 Å². The third-order valence-corrected chi connectivity index (χ3v) is 6.42. The van der Waals surface area contributed by atoms with Gasteiger partial charge in [-0.3, -0.25) is 0 Å². The normalized spacial score (nSPS) is 21.1. The van der Waals surface area contributed by atoms with Gasteiger partial charge >= 0.3 is 17.9 Å². The zero-order chi connectivity index (χ0) is 33.3. The van der Waals surface area contributed by atoms with Crippen molar-refractivity contribution in [3.63, 3.8) is 0 Å². The lowest BCUT2D eigenvalue weighted by molar-refractivity contribution is -0.284. The van der Waals surface area contributed by atoms with Gasteiger partial charge in [0, 0.05) is 0 Å². The molecule has 45 heavy (non-hydrogen) atoms. The molecule has 0 aliphatic carbocycles. The van der Waals surface area contributed by atoms with E-state index in [4.69, 9.17) is 18.9 Å². The molecular formula is C27H24O18. The van der Waals surface area contributed by atoms with Gasteiger partial charge in [-0.15, -0.1) is 0 Å². The highest BCUT2D eigenvalue weighted by molar-refractivity contribution is 5.92. The highest BCUT2D eigenvalue weighted by Crippen LogP contribution is 2.38. The summed E-state index contributed by atoms with van der Waals surface area (Å²) in [7, 11) is 0. The molecule has 0 amide bonds. The van der Waals surface area contributed by atoms with E-state index in [-0.39, 0.29) is 0 Å². The maximum absolute atomic E-state index is 12.9. The first kappa shape index (κ1) is 32.1. The lowest BCUT2D eigenvalue weighted by atomic mass is 9.98. The van der Waals surface area contributed by atoms with Crippen molar-refractivity contribution in [3.8, 4) is 51.7 Å². The van der Waals surface area contributed by atoms with Crippen LogP contribution in [0.3, 0.4) is 0 Å². The molecule has 240 valence electrons. The summed E-state index contributed by atoms with van der Waals surface area (Å²) in [5.41, 5.74) is -1.64. The fraction of sp³-hybridized carbons (Fsp3) is 0.222. The Morgan fingerprint density at radius 1 is 0.556 bits per heavy atom. The molecule has 1 saturated heterocycles. The molecule has 18 heteroatoms. The van der Waals surface area contributed by atoms with Crippen LogP contribution in [-0.2, 0) is 18.9 Å². The highest BCUT2D eigenvalue weighted by atomic mass is 16.7. The smallest absolute Gasteiger partial charge is 0.339 e. The van der Waals surface area contributed by atoms with Gasteiger partial charge in [0.25, 0.3) is 0 Å². The van der Waals surface area contributed by atoms with Gasteiger partial charge in [0.2, 0.25) is 0 Å². The van der Waals surface area contributed by atoms with Gasteiger partial charge in [0.15, 0.2) is 70.2 Å². The molecule has 5 atom stereocenters. The van der Waals surface area contributed by atoms with E-state index >= 15 is 0 Å². The Morgan fingerprint density at radius 3 is 1.27 bits per heavy atom. The number of aromatic hydroxyl groups is 9. The molecule has 0 aromatic heterocycles. The van der Waals surface area contributed by atoms with E-state index in [2.05, 4.69) is 0 Å². The van der Waals surface area contributed by atoms with E-state index in [9.17, 15) is 70.6 Å². The van der Waals surface area contributed by atoms with E-state index in [1.54, 1.807) is 0 Å². The number of carbonyl (C=O) groups is 3. The Morgan fingerprint density at radius 2 is 0.889 bits per heavy atom. The number of rotatable bonds is 7. The first-order chi connectivity index (χ1) is 21.1. The minimum absolute atomic E-state index is 0.462. The average Bonchev–Trinajstić information content (AvgIpc) is 2.98. The number of esters is 3. The number of hydrogen-bond acceptors (Lipinski definition) is 18. The summed E-state index contributed by atoms with van der Waals surface area (Å²) in [6, 6.07) is 4.18. The summed E-state index contributed by atoms with van der Waals surface area (Å²) >= 11 is 0. The molecule has 4 rings (SSSR count). The van der Waals surface area contributed by atoms with E-state index in [1.165, 1.54) is 0 Å². The molecule has 0 bridgehead atoms. The average molecular weight is 636 g/mol. The summed E-state index contributed by atoms with van der Waals surface area (Å²) in [6.45, 7) is -0.894. The third-order valence-electron chi connectivity index (χ3n) is 6.42. The van der Waals surface area contributed by atoms with Gasteiger partial charge < -0.3 is 75.1 Å². The van der Waals surface area contributed by atoms with Crippen molar-refractivity contribution in [1.82, 2.24) is 0 Å². The van der Waals surface area contributed by atoms with Gasteiger partial charge in [-0.1, -0.05) is 0 Å². The van der Waals surface area contributed by atoms with E-state index in [1.807, 2.05) is 0 Å². The molecule has 11 N–H and O–H groups in total. The monoisotopic (exact) mass is 636 g/mol. The standard InChI is InChI=1S/C27H24O18/c28-11-1-8(2-12(29)18(11)34)24(38)42-7-17-21(37)22(44-25(39)9-3-13(30)19(35)14(31)4-9)23(27(41)43-17)45-26(40)10-5-15(32)20(36)16(33)6-10/h1-6,17,21-23,27-37,41H,7H2/t17-,21+,22+,23-,27-/m1/s1. The largest absolute Gasteiger partial charge is 0.504 e. The number of hydrogen-bond donors (Lipinski definition) is 11. The number of phenolic OH excluding ortho intramolecular Hbond substituents is 9. The minimum atomic E-state index is -2.23. The lowest BCUT2D eigenvalue weighted by Gasteiger charge is -2.41. The molecule has 3 aromatic rings. The van der Waals surface area contributed by atoms with Crippen LogP contribution in [0.5, 0.6) is 51.7 Å². The number of aliphatic hydroxyl groups excluding tert-OH is 2. The summed E-state index contributed by atoms with van der Waals surface area (Å²) < 4.78 is 20.5. The predicted octanol–water partition coefficient (Wildman–Crippen LogP) is -0.277. The quantitative estimate of drug-likeness (QED) is 0.0902. The number of aliphatic hydroxyl groups is 2. The number of ether oxygens (including phenoxy) is 4. The van der Waals surface area contributed by atoms with Crippen molar-refractivity contribution < 1.29 is 89.5 Å². The van der Waals surface area contributed by atoms with Crippen molar-refractivity contribution in [3.05, 3.63) is 53.1 Å². The molecule has 0 radical (unpaired) electrons. The zero-order valence-electron chi connectivity index (χ0n) is 22.3. The van der Waals surface area contributed by atoms with Crippen LogP contribution in [0.2, 0.25) is 0 Å². The van der Waals surface area contributed by atoms with Gasteiger partial charge in [-0.05, 0) is 36.4 Å². The second-order valence-corrected chi connectivity index (χ2v) is 9.48. The minimum Gasteiger partial charge on any atom is -0.504 e. The van der Waals surface area contributed by atoms with Gasteiger partial charge in [-0.2, -0.15) is 0 Å². The fourth-order valence-electron chi connectivity index (χ4n) is 4.10. The topological polar surface area (TPSA) is 311 Å². The fourth-order valence-corrected chi connectivity index (χ4v) is 4.10. The van der Waals surface area contributed by atoms with Crippen molar-refractivity contribution >= 4 is 17.9 Å². The zero-order valence-corrected chi connectivity index (χ0v) is 22.3. The maximum atomic E-state index is 12.9. The van der Waals surface area contributed by atoms with Crippen LogP contribution < -0.4 is 0 Å². The van der Waals surface area contributed by atoms with Crippen molar-refractivity contribution in [2.45, 2.75) is 30.7 Å². The molecule has 1 aliphatic rings. The summed E-state index contributed by atoms with van der Waals surface area (Å²) in [6.07, 6.45) is -10.2. The number of phenols is 9. The van der Waals surface area contributed by atoms with E-state index < -0.39 is 124 Å². The molecule has 0 spiro atoms. The van der Waals surface area contributed by atoms with Gasteiger partial charge in [0.1, 0.15) is 18.8 Å². The first-order valence-electron chi connectivity index (χ1n) is 12.4. The van der Waals surface area contributed by atoms with Gasteiger partial charge in [0.05, 0.1) is 16.7 Å². The summed E-state index contributed by atoms with van der Waals surface area (Å²) in [5, 5.41) is 108. The lowest BCUT2D eigenvalue weighted by Crippen LogP contribution is -2.61. The molecule has 18 nitrogen and oxygen atoms in total. The molecule has 0 saturated carbocycles. The van der Waals surface area contributed by atoms with E-state index in [0.717, 1.165) is 12.1 Å². The second kappa shape index (κ2) is 12.4. The Bertz CT molecular complexity index is 1580. The van der Waals surface area contributed by atoms with Crippen LogP contribution in [0, 0.1) is 0 Å². The molecule has 1 aliphatic heterocycles. The van der Waals surface area contributed by atoms with E-state index in [0.29, 0.717) is 24.3 Å². The second-order valence-electron chi connectivity index (χ2n) is 9.48. The van der Waals surface area contributed by atoms with Crippen LogP contribution in [0.1, 0.15) is 31.1 Å². The Hall–Kier alpha value is -5.85. The summed E-state index contributed by atoms with van der Waals surface area (Å²) in [4.78, 5) is 38.2. The van der Waals surface area contributed by atoms with Crippen LogP contribution in [0.4, 0.5) is 0 Å². The predicted molar refractivity (Wildman–Crippen MR) is 140 cm³/mol. The van der Waals surface area contributed by atoms with Crippen LogP contribution >= 0.6 is 0 Å². The van der Waals surface area contributed by atoms with Crippen molar-refractivity contribution in [2.75, 3.05) is 6.61 Å². The Labute approximate surface area is 249 Å². The number of carbonyl (C=O) groups excluding carboxylic acids is 3. The molecule has 3 aromatic carbocycles. The van der Waals surface area contributed by atoms with Crippen molar-refractivity contribution in [1.29, 1.82) is 0 Å². The summed E-state index contributed by atoms with van der Waals surface area (Å²) in [5.74, 6) is -12.4. The van der Waals surface area contributed by atoms with Crippen molar-refractivity contribution in [2.24, 2.45) is 0 Å². The van der Waals surface area contributed by atoms with Crippen LogP contribution in [0.15, 0.2) is 36.4 Å². The Kier molecular flexibility index (Phi) is 8.84. The maximum Gasteiger partial charge on any atom is 0.339 e. The molecule has 1 heterocycles. The SMILES string of the molecule is O=C(OC[C@H]1O[C@@H](O)[C@H](OC(=O)c2cc(O)c(O)c(O)c2)[C@@H](OC(=O)c2cc(O)c(O)c(O)c2)[C@H]1O)c1cc(O)c(O)c(O)c1.